The van der Waals surface area contributed by atoms with E-state index < -0.39 is 0 Å². The van der Waals surface area contributed by atoms with Gasteiger partial charge in [0.1, 0.15) is 0 Å². The van der Waals surface area contributed by atoms with Crippen LogP contribution in [0.3, 0.4) is 0 Å². The van der Waals surface area contributed by atoms with Gasteiger partial charge in [-0.25, -0.2) is 0 Å². The number of hydrogen-bond acceptors (Lipinski definition) is 3. The van der Waals surface area contributed by atoms with Crippen LogP contribution in [0.5, 0.6) is 0 Å². The molecular formula is C14H21NOS. The summed E-state index contributed by atoms with van der Waals surface area (Å²) < 4.78 is 0. The van der Waals surface area contributed by atoms with Crippen LogP contribution in [0.25, 0.3) is 0 Å². The Labute approximate surface area is 108 Å². The molecule has 1 heterocycles. The Morgan fingerprint density at radius 3 is 3.06 bits per heavy atom. The van der Waals surface area contributed by atoms with Gasteiger partial charge in [0.2, 0.25) is 0 Å². The van der Waals surface area contributed by atoms with Gasteiger partial charge in [-0.15, -0.1) is 11.8 Å². The number of rotatable bonds is 4. The standard InChI is InChI=1S/C14H21NOS/c1-14(15,7-3-8-16)12-5-6-13-11(10-12)4-2-9-17-13/h5-6,10,16H,2-4,7-9,15H2,1H3. The smallest absolute Gasteiger partial charge is 0.0431 e. The van der Waals surface area contributed by atoms with Gasteiger partial charge in [-0.3, -0.25) is 0 Å². The summed E-state index contributed by atoms with van der Waals surface area (Å²) in [5.74, 6) is 1.23. The Hall–Kier alpha value is -0.510. The van der Waals surface area contributed by atoms with Crippen LogP contribution in [-0.4, -0.2) is 17.5 Å². The van der Waals surface area contributed by atoms with E-state index in [2.05, 4.69) is 25.1 Å². The summed E-state index contributed by atoms with van der Waals surface area (Å²) in [6.45, 7) is 2.27. The molecule has 94 valence electrons. The van der Waals surface area contributed by atoms with E-state index in [1.807, 2.05) is 11.8 Å². The highest BCUT2D eigenvalue weighted by atomic mass is 32.2. The van der Waals surface area contributed by atoms with Crippen LogP contribution in [0, 0.1) is 0 Å². The van der Waals surface area contributed by atoms with E-state index in [0.29, 0.717) is 0 Å². The first-order chi connectivity index (χ1) is 8.13. The molecule has 0 spiro atoms. The molecule has 2 nitrogen and oxygen atoms in total. The maximum atomic E-state index is 8.91. The van der Waals surface area contributed by atoms with Crippen LogP contribution in [-0.2, 0) is 12.0 Å². The third-order valence-corrected chi connectivity index (χ3v) is 4.62. The van der Waals surface area contributed by atoms with Crippen molar-refractivity contribution in [1.29, 1.82) is 0 Å². The van der Waals surface area contributed by atoms with Gasteiger partial charge in [0.25, 0.3) is 0 Å². The predicted molar refractivity (Wildman–Crippen MR) is 73.3 cm³/mol. The number of benzene rings is 1. The van der Waals surface area contributed by atoms with Gasteiger partial charge in [-0.1, -0.05) is 12.1 Å². The molecule has 1 aliphatic rings. The average Bonchev–Trinajstić information content (AvgIpc) is 2.36. The summed E-state index contributed by atoms with van der Waals surface area (Å²) in [6.07, 6.45) is 4.03. The Morgan fingerprint density at radius 2 is 2.29 bits per heavy atom. The van der Waals surface area contributed by atoms with Crippen LogP contribution < -0.4 is 5.73 Å². The molecule has 0 saturated heterocycles. The van der Waals surface area contributed by atoms with E-state index in [9.17, 15) is 0 Å². The summed E-state index contributed by atoms with van der Waals surface area (Å²) in [4.78, 5) is 1.41. The van der Waals surface area contributed by atoms with Crippen LogP contribution in [0.4, 0.5) is 0 Å². The number of nitrogens with two attached hydrogens (primary N) is 1. The van der Waals surface area contributed by atoms with Gasteiger partial charge in [-0.2, -0.15) is 0 Å². The van der Waals surface area contributed by atoms with E-state index in [-0.39, 0.29) is 12.1 Å². The van der Waals surface area contributed by atoms with E-state index >= 15 is 0 Å². The second-order valence-corrected chi connectivity index (χ2v) is 6.16. The molecule has 0 saturated carbocycles. The van der Waals surface area contributed by atoms with Crippen LogP contribution in [0.15, 0.2) is 23.1 Å². The third-order valence-electron chi connectivity index (χ3n) is 3.42. The maximum Gasteiger partial charge on any atom is 0.0431 e. The molecule has 1 unspecified atom stereocenters. The Kier molecular flexibility index (Phi) is 4.13. The van der Waals surface area contributed by atoms with Crippen molar-refractivity contribution in [1.82, 2.24) is 0 Å². The van der Waals surface area contributed by atoms with Crippen molar-refractivity contribution in [2.24, 2.45) is 5.73 Å². The summed E-state index contributed by atoms with van der Waals surface area (Å²) in [5.41, 5.74) is 8.66. The lowest BCUT2D eigenvalue weighted by Crippen LogP contribution is -2.33. The summed E-state index contributed by atoms with van der Waals surface area (Å²) >= 11 is 1.95. The molecule has 1 aromatic rings. The Morgan fingerprint density at radius 1 is 1.47 bits per heavy atom. The molecule has 3 N–H and O–H groups in total. The molecule has 0 fully saturated rings. The quantitative estimate of drug-likeness (QED) is 0.865. The number of aliphatic hydroxyl groups excluding tert-OH is 1. The second-order valence-electron chi connectivity index (χ2n) is 5.02. The van der Waals surface area contributed by atoms with Gasteiger partial charge < -0.3 is 10.8 Å². The molecule has 0 amide bonds. The van der Waals surface area contributed by atoms with Crippen molar-refractivity contribution in [3.8, 4) is 0 Å². The molecule has 17 heavy (non-hydrogen) atoms. The lowest BCUT2D eigenvalue weighted by molar-refractivity contribution is 0.265. The van der Waals surface area contributed by atoms with Crippen molar-refractivity contribution in [2.75, 3.05) is 12.4 Å². The average molecular weight is 251 g/mol. The van der Waals surface area contributed by atoms with Gasteiger partial charge in [0, 0.05) is 17.0 Å². The largest absolute Gasteiger partial charge is 0.396 e. The summed E-state index contributed by atoms with van der Waals surface area (Å²) in [5, 5.41) is 8.91. The lowest BCUT2D eigenvalue weighted by atomic mass is 9.87. The van der Waals surface area contributed by atoms with Crippen molar-refractivity contribution in [2.45, 2.75) is 43.0 Å². The molecule has 1 atom stereocenters. The molecule has 0 aliphatic carbocycles. The van der Waals surface area contributed by atoms with Crippen LogP contribution in [0.1, 0.15) is 37.3 Å². The SMILES string of the molecule is CC(N)(CCCO)c1ccc2c(c1)CCCS2. The fourth-order valence-electron chi connectivity index (χ4n) is 2.31. The molecule has 0 bridgehead atoms. The molecule has 3 heteroatoms. The van der Waals surface area contributed by atoms with Crippen molar-refractivity contribution in [3.05, 3.63) is 29.3 Å². The minimum atomic E-state index is -0.320. The number of fused-ring (bicyclic) bond motifs is 1. The first-order valence-electron chi connectivity index (χ1n) is 6.29. The summed E-state index contributed by atoms with van der Waals surface area (Å²) in [6, 6.07) is 6.62. The Balaban J connectivity index is 2.20. The first kappa shape index (κ1) is 12.9. The lowest BCUT2D eigenvalue weighted by Gasteiger charge is -2.27. The molecular weight excluding hydrogens is 230 g/mol. The normalized spacial score (nSPS) is 18.5. The Bertz CT molecular complexity index is 390. The highest BCUT2D eigenvalue weighted by Crippen LogP contribution is 2.33. The minimum Gasteiger partial charge on any atom is -0.396 e. The van der Waals surface area contributed by atoms with Crippen molar-refractivity contribution >= 4 is 11.8 Å². The van der Waals surface area contributed by atoms with Crippen LogP contribution in [0.2, 0.25) is 0 Å². The minimum absolute atomic E-state index is 0.216. The topological polar surface area (TPSA) is 46.2 Å². The van der Waals surface area contributed by atoms with E-state index in [1.54, 1.807) is 0 Å². The predicted octanol–water partition coefficient (Wildman–Crippen LogP) is 2.67. The van der Waals surface area contributed by atoms with Gasteiger partial charge in [0.05, 0.1) is 0 Å². The first-order valence-corrected chi connectivity index (χ1v) is 7.28. The van der Waals surface area contributed by atoms with E-state index in [1.165, 1.54) is 34.6 Å². The molecule has 1 aromatic carbocycles. The molecule has 2 rings (SSSR count). The maximum absolute atomic E-state index is 8.91. The summed E-state index contributed by atoms with van der Waals surface area (Å²) in [7, 11) is 0. The van der Waals surface area contributed by atoms with E-state index in [4.69, 9.17) is 10.8 Å². The van der Waals surface area contributed by atoms with E-state index in [0.717, 1.165) is 12.8 Å². The second kappa shape index (κ2) is 5.42. The van der Waals surface area contributed by atoms with Gasteiger partial charge >= 0.3 is 0 Å². The van der Waals surface area contributed by atoms with Gasteiger partial charge in [0.15, 0.2) is 0 Å². The zero-order valence-electron chi connectivity index (χ0n) is 10.4. The van der Waals surface area contributed by atoms with Crippen molar-refractivity contribution in [3.63, 3.8) is 0 Å². The van der Waals surface area contributed by atoms with Gasteiger partial charge in [-0.05, 0) is 55.6 Å². The fraction of sp³-hybridized carbons (Fsp3) is 0.571. The molecule has 0 aromatic heterocycles. The zero-order valence-corrected chi connectivity index (χ0v) is 11.2. The molecule has 0 radical (unpaired) electrons. The number of hydrogen-bond donors (Lipinski definition) is 2. The fourth-order valence-corrected chi connectivity index (χ4v) is 3.33. The number of aryl methyl sites for hydroxylation is 1. The monoisotopic (exact) mass is 251 g/mol. The third kappa shape index (κ3) is 3.03. The number of thioether (sulfide) groups is 1. The zero-order chi connectivity index (χ0) is 12.3. The van der Waals surface area contributed by atoms with Crippen molar-refractivity contribution < 1.29 is 5.11 Å². The molecule has 1 aliphatic heterocycles. The van der Waals surface area contributed by atoms with Crippen LogP contribution >= 0.6 is 11.8 Å². The highest BCUT2D eigenvalue weighted by Gasteiger charge is 2.22. The number of aliphatic hydroxyl groups is 1. The highest BCUT2D eigenvalue weighted by molar-refractivity contribution is 7.99.